The van der Waals surface area contributed by atoms with Gasteiger partial charge in [0.15, 0.2) is 11.6 Å². The molecule has 1 aromatic carbocycles. The van der Waals surface area contributed by atoms with Gasteiger partial charge < -0.3 is 10.2 Å². The highest BCUT2D eigenvalue weighted by Gasteiger charge is 2.29. The van der Waals surface area contributed by atoms with Crippen LogP contribution in [0.2, 0.25) is 0 Å². The lowest BCUT2D eigenvalue weighted by atomic mass is 9.96. The van der Waals surface area contributed by atoms with Crippen LogP contribution in [0.3, 0.4) is 0 Å². The van der Waals surface area contributed by atoms with Gasteiger partial charge in [-0.05, 0) is 43.5 Å². The van der Waals surface area contributed by atoms with Gasteiger partial charge in [-0.2, -0.15) is 0 Å². The minimum Gasteiger partial charge on any atom is -0.393 e. The molecular formula is C14H19F2NO2. The Hall–Kier alpha value is -1.04. The fourth-order valence-corrected chi connectivity index (χ4v) is 2.45. The first kappa shape index (κ1) is 14.4. The first-order valence-electron chi connectivity index (χ1n) is 6.52. The Labute approximate surface area is 111 Å². The molecule has 1 aliphatic rings. The molecule has 3 nitrogen and oxygen atoms in total. The normalized spacial score (nSPS) is 25.3. The van der Waals surface area contributed by atoms with Gasteiger partial charge in [-0.1, -0.05) is 6.07 Å². The highest BCUT2D eigenvalue weighted by atomic mass is 19.2. The summed E-state index contributed by atoms with van der Waals surface area (Å²) >= 11 is 0. The Kier molecular flexibility index (Phi) is 4.50. The lowest BCUT2D eigenvalue weighted by molar-refractivity contribution is -0.0255. The van der Waals surface area contributed by atoms with Gasteiger partial charge in [0.25, 0.3) is 0 Å². The fraction of sp³-hybridized carbons (Fsp3) is 0.571. The summed E-state index contributed by atoms with van der Waals surface area (Å²) in [7, 11) is 0. The highest BCUT2D eigenvalue weighted by molar-refractivity contribution is 5.17. The van der Waals surface area contributed by atoms with Gasteiger partial charge in [0.05, 0.1) is 12.2 Å². The lowest BCUT2D eigenvalue weighted by Crippen LogP contribution is -2.34. The van der Waals surface area contributed by atoms with Crippen LogP contribution >= 0.6 is 0 Å². The predicted molar refractivity (Wildman–Crippen MR) is 67.5 cm³/mol. The van der Waals surface area contributed by atoms with Crippen molar-refractivity contribution in [2.75, 3.05) is 19.7 Å². The Morgan fingerprint density at radius 2 is 1.95 bits per heavy atom. The van der Waals surface area contributed by atoms with Crippen LogP contribution in [0.4, 0.5) is 8.78 Å². The van der Waals surface area contributed by atoms with Gasteiger partial charge in [-0.15, -0.1) is 0 Å². The average molecular weight is 271 g/mol. The van der Waals surface area contributed by atoms with E-state index in [1.54, 1.807) is 6.07 Å². The minimum absolute atomic E-state index is 0.230. The van der Waals surface area contributed by atoms with E-state index in [1.807, 2.05) is 0 Å². The van der Waals surface area contributed by atoms with Crippen LogP contribution in [0.15, 0.2) is 18.2 Å². The van der Waals surface area contributed by atoms with E-state index >= 15 is 0 Å². The molecular weight excluding hydrogens is 252 g/mol. The van der Waals surface area contributed by atoms with Crippen molar-refractivity contribution in [2.45, 2.75) is 31.4 Å². The van der Waals surface area contributed by atoms with E-state index in [0.717, 1.165) is 19.0 Å². The van der Waals surface area contributed by atoms with Gasteiger partial charge in [0, 0.05) is 13.1 Å². The standard InChI is InChI=1S/C14H19F2NO2/c15-12-3-2-11(8-13(12)16)9-17-6-1-4-14(19,10-18)5-7-17/h2-3,8,18-19H,1,4-7,9-10H2/t14-/m1/s1. The van der Waals surface area contributed by atoms with Crippen molar-refractivity contribution in [3.8, 4) is 0 Å². The van der Waals surface area contributed by atoms with E-state index in [4.69, 9.17) is 5.11 Å². The molecule has 106 valence electrons. The zero-order chi connectivity index (χ0) is 13.9. The van der Waals surface area contributed by atoms with E-state index in [-0.39, 0.29) is 6.61 Å². The second-order valence-corrected chi connectivity index (χ2v) is 5.26. The molecule has 19 heavy (non-hydrogen) atoms. The lowest BCUT2D eigenvalue weighted by Gasteiger charge is -2.24. The summed E-state index contributed by atoms with van der Waals surface area (Å²) in [5, 5.41) is 19.2. The van der Waals surface area contributed by atoms with Gasteiger partial charge in [-0.3, -0.25) is 4.90 Å². The Balaban J connectivity index is 1.98. The molecule has 1 saturated heterocycles. The number of aliphatic hydroxyl groups excluding tert-OH is 1. The maximum Gasteiger partial charge on any atom is 0.159 e. The molecule has 0 spiro atoms. The molecule has 0 bridgehead atoms. The molecule has 1 fully saturated rings. The van der Waals surface area contributed by atoms with Crippen molar-refractivity contribution in [1.29, 1.82) is 0 Å². The molecule has 0 saturated carbocycles. The van der Waals surface area contributed by atoms with E-state index in [0.29, 0.717) is 31.5 Å². The summed E-state index contributed by atoms with van der Waals surface area (Å²) in [6.07, 6.45) is 1.84. The van der Waals surface area contributed by atoms with Gasteiger partial charge >= 0.3 is 0 Å². The molecule has 5 heteroatoms. The topological polar surface area (TPSA) is 43.7 Å². The Bertz CT molecular complexity index is 441. The average Bonchev–Trinajstić information content (AvgIpc) is 2.57. The quantitative estimate of drug-likeness (QED) is 0.879. The number of benzene rings is 1. The number of aliphatic hydroxyl groups is 2. The van der Waals surface area contributed by atoms with Crippen LogP contribution in [-0.4, -0.2) is 40.4 Å². The van der Waals surface area contributed by atoms with E-state index in [2.05, 4.69) is 4.90 Å². The molecule has 1 aliphatic heterocycles. The molecule has 0 radical (unpaired) electrons. The molecule has 1 atom stereocenters. The number of nitrogens with zero attached hydrogens (tertiary/aromatic N) is 1. The predicted octanol–water partition coefficient (Wildman–Crippen LogP) is 1.67. The number of rotatable bonds is 3. The summed E-state index contributed by atoms with van der Waals surface area (Å²) in [6, 6.07) is 3.91. The molecule has 0 unspecified atom stereocenters. The zero-order valence-corrected chi connectivity index (χ0v) is 10.8. The Morgan fingerprint density at radius 1 is 1.16 bits per heavy atom. The molecule has 1 heterocycles. The van der Waals surface area contributed by atoms with E-state index in [1.165, 1.54) is 6.07 Å². The molecule has 0 aromatic heterocycles. The van der Waals surface area contributed by atoms with Crippen molar-refractivity contribution in [2.24, 2.45) is 0 Å². The monoisotopic (exact) mass is 271 g/mol. The molecule has 1 aromatic rings. The van der Waals surface area contributed by atoms with E-state index in [9.17, 15) is 13.9 Å². The SMILES string of the molecule is OC[C@@]1(O)CCCN(Cc2ccc(F)c(F)c2)CC1. The van der Waals surface area contributed by atoms with Crippen molar-refractivity contribution < 1.29 is 19.0 Å². The highest BCUT2D eigenvalue weighted by Crippen LogP contribution is 2.23. The zero-order valence-electron chi connectivity index (χ0n) is 10.8. The van der Waals surface area contributed by atoms with Gasteiger partial charge in [0.2, 0.25) is 0 Å². The minimum atomic E-state index is -0.997. The maximum absolute atomic E-state index is 13.1. The van der Waals surface area contributed by atoms with Crippen LogP contribution in [0.25, 0.3) is 0 Å². The summed E-state index contributed by atoms with van der Waals surface area (Å²) < 4.78 is 26.0. The largest absolute Gasteiger partial charge is 0.393 e. The van der Waals surface area contributed by atoms with Crippen LogP contribution in [-0.2, 0) is 6.54 Å². The summed E-state index contributed by atoms with van der Waals surface area (Å²) in [5.74, 6) is -1.67. The van der Waals surface area contributed by atoms with Crippen molar-refractivity contribution >= 4 is 0 Å². The third-order valence-corrected chi connectivity index (χ3v) is 3.69. The van der Waals surface area contributed by atoms with Crippen LogP contribution in [0.1, 0.15) is 24.8 Å². The second-order valence-electron chi connectivity index (χ2n) is 5.26. The van der Waals surface area contributed by atoms with Crippen molar-refractivity contribution in [1.82, 2.24) is 4.90 Å². The Morgan fingerprint density at radius 3 is 2.63 bits per heavy atom. The summed E-state index contributed by atoms with van der Waals surface area (Å²) in [4.78, 5) is 2.08. The second kappa shape index (κ2) is 5.94. The number of likely N-dealkylation sites (tertiary alicyclic amines) is 1. The number of halogens is 2. The molecule has 2 N–H and O–H groups in total. The van der Waals surface area contributed by atoms with Crippen molar-refractivity contribution in [3.05, 3.63) is 35.4 Å². The molecule has 0 amide bonds. The summed E-state index contributed by atoms with van der Waals surface area (Å²) in [6.45, 7) is 1.71. The fourth-order valence-electron chi connectivity index (χ4n) is 2.45. The first-order valence-corrected chi connectivity index (χ1v) is 6.52. The van der Waals surface area contributed by atoms with Crippen LogP contribution in [0, 0.1) is 11.6 Å². The first-order chi connectivity index (χ1) is 9.02. The summed E-state index contributed by atoms with van der Waals surface area (Å²) in [5.41, 5.74) is -0.281. The third-order valence-electron chi connectivity index (χ3n) is 3.69. The maximum atomic E-state index is 13.1. The van der Waals surface area contributed by atoms with E-state index < -0.39 is 17.2 Å². The third kappa shape index (κ3) is 3.72. The molecule has 0 aliphatic carbocycles. The number of hydrogen-bond donors (Lipinski definition) is 2. The van der Waals surface area contributed by atoms with Gasteiger partial charge in [0.1, 0.15) is 0 Å². The van der Waals surface area contributed by atoms with Crippen LogP contribution in [0.5, 0.6) is 0 Å². The van der Waals surface area contributed by atoms with Crippen LogP contribution < -0.4 is 0 Å². The van der Waals surface area contributed by atoms with Gasteiger partial charge in [-0.25, -0.2) is 8.78 Å². The smallest absolute Gasteiger partial charge is 0.159 e. The van der Waals surface area contributed by atoms with Crippen molar-refractivity contribution in [3.63, 3.8) is 0 Å². The molecule has 2 rings (SSSR count). The number of hydrogen-bond acceptors (Lipinski definition) is 3.